The summed E-state index contributed by atoms with van der Waals surface area (Å²) in [5.74, 6) is -0.997. The van der Waals surface area contributed by atoms with Gasteiger partial charge in [-0.15, -0.1) is 5.75 Å². The second-order valence-electron chi connectivity index (χ2n) is 4.43. The monoisotopic (exact) mass is 283 g/mol. The van der Waals surface area contributed by atoms with E-state index in [0.29, 0.717) is 12.1 Å². The molecule has 0 aromatic heterocycles. The quantitative estimate of drug-likeness (QED) is 0.652. The van der Waals surface area contributed by atoms with Gasteiger partial charge in [-0.25, -0.2) is 4.79 Å². The average molecular weight is 283 g/mol. The number of hydrogen-bond donors (Lipinski definition) is 2. The Kier molecular flexibility index (Phi) is 4.56. The van der Waals surface area contributed by atoms with Crippen LogP contribution in [-0.2, 0) is 0 Å². The maximum absolute atomic E-state index is 11.1. The first-order valence-electron chi connectivity index (χ1n) is 6.53. The lowest BCUT2D eigenvalue weighted by Gasteiger charge is -2.09. The Morgan fingerprint density at radius 3 is 2.19 bits per heavy atom. The number of carbonyl (C=O) groups is 1. The Labute approximate surface area is 122 Å². The molecule has 0 spiro atoms. The molecule has 0 amide bonds. The van der Waals surface area contributed by atoms with E-state index in [-0.39, 0.29) is 11.3 Å². The van der Waals surface area contributed by atoms with Gasteiger partial charge in [0.2, 0.25) is 0 Å². The van der Waals surface area contributed by atoms with E-state index in [1.807, 2.05) is 6.92 Å². The molecule has 21 heavy (non-hydrogen) atoms. The van der Waals surface area contributed by atoms with Crippen molar-refractivity contribution in [3.05, 3.63) is 59.7 Å². The molecule has 0 bridgehead atoms. The van der Waals surface area contributed by atoms with Crippen LogP contribution >= 0.6 is 0 Å². The van der Waals surface area contributed by atoms with E-state index < -0.39 is 5.97 Å². The summed E-state index contributed by atoms with van der Waals surface area (Å²) in [5, 5.41) is 24.2. The standard InChI is InChI=1S/C16H16N2O3/c1-2-15(11-5-9-14(19)10-6-11)18-17-13-7-3-12(4-8-13)16(20)21/h3-10,17,19H,2H2,1H3,(H,20,21)/p-1/b18-15+. The number of nitrogens with one attached hydrogen (secondary N) is 1. The highest BCUT2D eigenvalue weighted by Crippen LogP contribution is 2.12. The molecule has 2 aromatic carbocycles. The van der Waals surface area contributed by atoms with Gasteiger partial charge in [-0.1, -0.05) is 31.2 Å². The predicted octanol–water partition coefficient (Wildman–Crippen LogP) is 2.68. The van der Waals surface area contributed by atoms with Crippen LogP contribution in [0.15, 0.2) is 53.6 Å². The van der Waals surface area contributed by atoms with Crippen LogP contribution in [0.2, 0.25) is 0 Å². The average Bonchev–Trinajstić information content (AvgIpc) is 2.50. The first-order chi connectivity index (χ1) is 10.1. The van der Waals surface area contributed by atoms with Gasteiger partial charge in [0.25, 0.3) is 0 Å². The van der Waals surface area contributed by atoms with Crippen molar-refractivity contribution in [1.29, 1.82) is 0 Å². The van der Waals surface area contributed by atoms with Crippen LogP contribution < -0.4 is 10.5 Å². The Morgan fingerprint density at radius 1 is 1.10 bits per heavy atom. The maximum atomic E-state index is 11.1. The van der Waals surface area contributed by atoms with Crippen molar-refractivity contribution in [2.75, 3.05) is 5.43 Å². The lowest BCUT2D eigenvalue weighted by atomic mass is 10.1. The summed E-state index contributed by atoms with van der Waals surface area (Å²) in [4.78, 5) is 10.8. The molecular formula is C16H15N2O3-. The fraction of sp³-hybridized carbons (Fsp3) is 0.125. The van der Waals surface area contributed by atoms with Gasteiger partial charge in [-0.05, 0) is 36.2 Å². The molecule has 0 aliphatic heterocycles. The molecule has 108 valence electrons. The van der Waals surface area contributed by atoms with E-state index in [0.717, 1.165) is 11.3 Å². The molecule has 0 saturated carbocycles. The minimum atomic E-state index is -0.961. The molecule has 2 rings (SSSR count). The Balaban J connectivity index is 2.13. The van der Waals surface area contributed by atoms with Crippen LogP contribution in [0.1, 0.15) is 29.3 Å². The van der Waals surface area contributed by atoms with Gasteiger partial charge in [0.1, 0.15) is 0 Å². The third kappa shape index (κ3) is 3.82. The number of carboxylic acids is 1. The van der Waals surface area contributed by atoms with Gasteiger partial charge in [-0.3, -0.25) is 5.43 Å². The Bertz CT molecular complexity index is 646. The lowest BCUT2D eigenvalue weighted by Crippen LogP contribution is -2.04. The summed E-state index contributed by atoms with van der Waals surface area (Å²) in [5.41, 5.74) is 5.52. The molecule has 0 radical (unpaired) electrons. The zero-order valence-corrected chi connectivity index (χ0v) is 11.5. The zero-order valence-electron chi connectivity index (χ0n) is 11.5. The van der Waals surface area contributed by atoms with Crippen molar-refractivity contribution in [2.45, 2.75) is 13.3 Å². The van der Waals surface area contributed by atoms with Gasteiger partial charge in [0.05, 0.1) is 17.0 Å². The number of benzene rings is 2. The number of aromatic carboxylic acids is 1. The minimum absolute atomic E-state index is 0.0357. The van der Waals surface area contributed by atoms with Crippen molar-refractivity contribution < 1.29 is 15.0 Å². The van der Waals surface area contributed by atoms with E-state index in [1.54, 1.807) is 24.3 Å². The van der Waals surface area contributed by atoms with Gasteiger partial charge >= 0.3 is 5.97 Å². The molecule has 0 aliphatic rings. The SMILES string of the molecule is CC/C(=N\Nc1ccc(C(=O)O)cc1)c1ccc([O-])cc1. The molecule has 2 N–H and O–H groups in total. The number of hydrazone groups is 1. The molecule has 0 unspecified atom stereocenters. The maximum Gasteiger partial charge on any atom is 0.335 e. The van der Waals surface area contributed by atoms with Crippen molar-refractivity contribution in [3.8, 4) is 5.75 Å². The number of anilines is 1. The van der Waals surface area contributed by atoms with Gasteiger partial charge in [0, 0.05) is 0 Å². The molecular weight excluding hydrogens is 268 g/mol. The second kappa shape index (κ2) is 6.56. The first kappa shape index (κ1) is 14.6. The Hall–Kier alpha value is -2.82. The molecule has 5 nitrogen and oxygen atoms in total. The third-order valence-electron chi connectivity index (χ3n) is 2.97. The highest BCUT2D eigenvalue weighted by atomic mass is 16.4. The van der Waals surface area contributed by atoms with E-state index in [9.17, 15) is 9.90 Å². The summed E-state index contributed by atoms with van der Waals surface area (Å²) in [6.07, 6.45) is 0.707. The normalized spacial score (nSPS) is 11.2. The molecule has 5 heteroatoms. The largest absolute Gasteiger partial charge is 0.872 e. The highest BCUT2D eigenvalue weighted by molar-refractivity contribution is 6.00. The van der Waals surface area contributed by atoms with Crippen LogP contribution in [0.3, 0.4) is 0 Å². The van der Waals surface area contributed by atoms with Crippen molar-refractivity contribution in [1.82, 2.24) is 0 Å². The third-order valence-corrected chi connectivity index (χ3v) is 2.97. The van der Waals surface area contributed by atoms with Crippen LogP contribution in [-0.4, -0.2) is 16.8 Å². The summed E-state index contributed by atoms with van der Waals surface area (Å²) < 4.78 is 0. The molecule has 0 saturated heterocycles. The van der Waals surface area contributed by atoms with Crippen LogP contribution in [0.25, 0.3) is 0 Å². The summed E-state index contributed by atoms with van der Waals surface area (Å²) in [6.45, 7) is 1.97. The number of nitrogens with zero attached hydrogens (tertiary/aromatic N) is 1. The predicted molar refractivity (Wildman–Crippen MR) is 79.7 cm³/mol. The van der Waals surface area contributed by atoms with E-state index in [4.69, 9.17) is 5.11 Å². The van der Waals surface area contributed by atoms with E-state index >= 15 is 0 Å². The zero-order chi connectivity index (χ0) is 15.2. The molecule has 2 aromatic rings. The van der Waals surface area contributed by atoms with E-state index in [2.05, 4.69) is 10.5 Å². The minimum Gasteiger partial charge on any atom is -0.872 e. The van der Waals surface area contributed by atoms with Crippen molar-refractivity contribution >= 4 is 17.4 Å². The Morgan fingerprint density at radius 2 is 1.67 bits per heavy atom. The second-order valence-corrected chi connectivity index (χ2v) is 4.43. The number of hydrogen-bond acceptors (Lipinski definition) is 4. The molecule has 0 fully saturated rings. The molecule has 0 heterocycles. The van der Waals surface area contributed by atoms with Crippen LogP contribution in [0.5, 0.6) is 5.75 Å². The summed E-state index contributed by atoms with van der Waals surface area (Å²) >= 11 is 0. The van der Waals surface area contributed by atoms with E-state index in [1.165, 1.54) is 24.3 Å². The first-order valence-corrected chi connectivity index (χ1v) is 6.53. The fourth-order valence-corrected chi connectivity index (χ4v) is 1.81. The van der Waals surface area contributed by atoms with Gasteiger partial charge < -0.3 is 10.2 Å². The van der Waals surface area contributed by atoms with Crippen molar-refractivity contribution in [3.63, 3.8) is 0 Å². The van der Waals surface area contributed by atoms with Gasteiger partial charge in [0.15, 0.2) is 0 Å². The summed E-state index contributed by atoms with van der Waals surface area (Å²) in [6, 6.07) is 12.8. The number of rotatable bonds is 5. The fourth-order valence-electron chi connectivity index (χ4n) is 1.81. The van der Waals surface area contributed by atoms with Gasteiger partial charge in [-0.2, -0.15) is 5.10 Å². The molecule has 0 atom stereocenters. The smallest absolute Gasteiger partial charge is 0.335 e. The van der Waals surface area contributed by atoms with Crippen LogP contribution in [0.4, 0.5) is 5.69 Å². The highest BCUT2D eigenvalue weighted by Gasteiger charge is 2.02. The topological polar surface area (TPSA) is 84.8 Å². The van der Waals surface area contributed by atoms with Crippen molar-refractivity contribution in [2.24, 2.45) is 5.10 Å². The lowest BCUT2D eigenvalue weighted by molar-refractivity contribution is -0.268. The molecule has 0 aliphatic carbocycles. The van der Waals surface area contributed by atoms with Crippen LogP contribution in [0, 0.1) is 0 Å². The summed E-state index contributed by atoms with van der Waals surface area (Å²) in [7, 11) is 0. The number of carboxylic acid groups (broad SMARTS) is 1.